The number of benzene rings is 2. The number of amides is 1. The standard InChI is InChI=1S/C25H28N2O3/c1-17(2)21-8-7-9-22(18(3)4)25(21)27-23(28)16-29-19-11-13-20(14-12-19)30-24-10-5-6-15-26-24/h5-15,17-18H,16H2,1-4H3,(H,27,28). The van der Waals surface area contributed by atoms with Crippen LogP contribution in [0.1, 0.15) is 50.7 Å². The van der Waals surface area contributed by atoms with Gasteiger partial charge in [0, 0.05) is 18.0 Å². The number of rotatable bonds is 8. The topological polar surface area (TPSA) is 60.5 Å². The van der Waals surface area contributed by atoms with Crippen LogP contribution in [-0.4, -0.2) is 17.5 Å². The Morgan fingerprint density at radius 1 is 0.867 bits per heavy atom. The zero-order valence-electron chi connectivity index (χ0n) is 17.9. The zero-order chi connectivity index (χ0) is 21.5. The number of carbonyl (C=O) groups excluding carboxylic acids is 1. The Balaban J connectivity index is 1.61. The van der Waals surface area contributed by atoms with E-state index in [4.69, 9.17) is 9.47 Å². The maximum atomic E-state index is 12.6. The van der Waals surface area contributed by atoms with E-state index in [9.17, 15) is 4.79 Å². The second kappa shape index (κ2) is 9.92. The lowest BCUT2D eigenvalue weighted by Crippen LogP contribution is -2.22. The van der Waals surface area contributed by atoms with Gasteiger partial charge in [0.25, 0.3) is 5.91 Å². The zero-order valence-corrected chi connectivity index (χ0v) is 17.9. The number of nitrogens with zero attached hydrogens (tertiary/aromatic N) is 1. The summed E-state index contributed by atoms with van der Waals surface area (Å²) in [5.74, 6) is 2.21. The van der Waals surface area contributed by atoms with E-state index in [2.05, 4.69) is 50.1 Å². The van der Waals surface area contributed by atoms with Crippen LogP contribution >= 0.6 is 0 Å². The van der Waals surface area contributed by atoms with Crippen LogP contribution in [0.4, 0.5) is 5.69 Å². The van der Waals surface area contributed by atoms with Gasteiger partial charge in [-0.3, -0.25) is 4.79 Å². The Bertz CT molecular complexity index is 941. The van der Waals surface area contributed by atoms with Gasteiger partial charge in [-0.05, 0) is 53.3 Å². The third-order valence-corrected chi connectivity index (χ3v) is 4.69. The number of hydrogen-bond acceptors (Lipinski definition) is 4. The molecule has 2 aromatic carbocycles. The van der Waals surface area contributed by atoms with E-state index in [1.807, 2.05) is 18.2 Å². The third-order valence-electron chi connectivity index (χ3n) is 4.69. The molecule has 0 saturated carbocycles. The molecule has 3 rings (SSSR count). The Hall–Kier alpha value is -3.34. The Labute approximate surface area is 178 Å². The lowest BCUT2D eigenvalue weighted by Gasteiger charge is -2.20. The summed E-state index contributed by atoms with van der Waals surface area (Å²) in [6, 6.07) is 18.8. The molecule has 0 aliphatic rings. The predicted molar refractivity (Wildman–Crippen MR) is 119 cm³/mol. The summed E-state index contributed by atoms with van der Waals surface area (Å²) >= 11 is 0. The highest BCUT2D eigenvalue weighted by Gasteiger charge is 2.16. The van der Waals surface area contributed by atoms with E-state index in [-0.39, 0.29) is 12.5 Å². The van der Waals surface area contributed by atoms with Crippen LogP contribution in [0.15, 0.2) is 66.9 Å². The molecule has 0 aliphatic heterocycles. The summed E-state index contributed by atoms with van der Waals surface area (Å²) in [4.78, 5) is 16.7. The molecule has 5 nitrogen and oxygen atoms in total. The van der Waals surface area contributed by atoms with Crippen molar-refractivity contribution < 1.29 is 14.3 Å². The van der Waals surface area contributed by atoms with Crippen molar-refractivity contribution in [2.45, 2.75) is 39.5 Å². The number of anilines is 1. The van der Waals surface area contributed by atoms with Crippen molar-refractivity contribution in [1.29, 1.82) is 0 Å². The van der Waals surface area contributed by atoms with E-state index in [1.165, 1.54) is 0 Å². The number of ether oxygens (including phenoxy) is 2. The SMILES string of the molecule is CC(C)c1cccc(C(C)C)c1NC(=O)COc1ccc(Oc2ccccn2)cc1. The molecule has 0 spiro atoms. The minimum Gasteiger partial charge on any atom is -0.484 e. The van der Waals surface area contributed by atoms with Gasteiger partial charge >= 0.3 is 0 Å². The fourth-order valence-corrected chi connectivity index (χ4v) is 3.15. The van der Waals surface area contributed by atoms with Crippen molar-refractivity contribution in [3.05, 3.63) is 78.0 Å². The van der Waals surface area contributed by atoms with Crippen molar-refractivity contribution in [2.24, 2.45) is 0 Å². The number of aromatic nitrogens is 1. The van der Waals surface area contributed by atoms with Gasteiger partial charge < -0.3 is 14.8 Å². The second-order valence-corrected chi connectivity index (χ2v) is 7.70. The molecule has 30 heavy (non-hydrogen) atoms. The first kappa shape index (κ1) is 21.4. The van der Waals surface area contributed by atoms with Crippen LogP contribution in [0.5, 0.6) is 17.4 Å². The monoisotopic (exact) mass is 404 g/mol. The number of nitrogens with one attached hydrogen (secondary N) is 1. The average Bonchev–Trinajstić information content (AvgIpc) is 2.74. The van der Waals surface area contributed by atoms with Gasteiger partial charge in [0.15, 0.2) is 6.61 Å². The first-order valence-corrected chi connectivity index (χ1v) is 10.2. The molecule has 3 aromatic rings. The summed E-state index contributed by atoms with van der Waals surface area (Å²) in [5.41, 5.74) is 3.16. The molecule has 0 bridgehead atoms. The van der Waals surface area contributed by atoms with Crippen LogP contribution in [-0.2, 0) is 4.79 Å². The maximum Gasteiger partial charge on any atom is 0.262 e. The summed E-state index contributed by atoms with van der Waals surface area (Å²) in [7, 11) is 0. The fraction of sp³-hybridized carbons (Fsp3) is 0.280. The van der Waals surface area contributed by atoms with E-state index < -0.39 is 0 Å². The minimum absolute atomic E-state index is 0.0651. The molecule has 5 heteroatoms. The molecule has 1 N–H and O–H groups in total. The lowest BCUT2D eigenvalue weighted by atomic mass is 9.92. The quantitative estimate of drug-likeness (QED) is 0.490. The Kier molecular flexibility index (Phi) is 7.07. The maximum absolute atomic E-state index is 12.6. The molecule has 0 saturated heterocycles. The largest absolute Gasteiger partial charge is 0.484 e. The smallest absolute Gasteiger partial charge is 0.262 e. The first-order valence-electron chi connectivity index (χ1n) is 10.2. The van der Waals surface area contributed by atoms with Crippen molar-refractivity contribution in [3.63, 3.8) is 0 Å². The molecule has 1 heterocycles. The minimum atomic E-state index is -0.182. The highest BCUT2D eigenvalue weighted by Crippen LogP contribution is 2.32. The predicted octanol–water partition coefficient (Wildman–Crippen LogP) is 6.14. The molecule has 0 radical (unpaired) electrons. The van der Waals surface area contributed by atoms with Crippen LogP contribution in [0.3, 0.4) is 0 Å². The highest BCUT2D eigenvalue weighted by molar-refractivity contribution is 5.93. The van der Waals surface area contributed by atoms with Gasteiger partial charge in [-0.15, -0.1) is 0 Å². The molecule has 1 aromatic heterocycles. The number of pyridine rings is 1. The molecule has 0 aliphatic carbocycles. The first-order chi connectivity index (χ1) is 14.4. The van der Waals surface area contributed by atoms with E-state index in [0.29, 0.717) is 29.2 Å². The summed E-state index contributed by atoms with van der Waals surface area (Å²) in [6.45, 7) is 8.44. The van der Waals surface area contributed by atoms with Crippen LogP contribution in [0.25, 0.3) is 0 Å². The van der Waals surface area contributed by atoms with Gasteiger partial charge in [-0.25, -0.2) is 4.98 Å². The summed E-state index contributed by atoms with van der Waals surface area (Å²) < 4.78 is 11.3. The molecular weight excluding hydrogens is 376 g/mol. The average molecular weight is 405 g/mol. The Morgan fingerprint density at radius 2 is 1.50 bits per heavy atom. The van der Waals surface area contributed by atoms with Crippen molar-refractivity contribution in [3.8, 4) is 17.4 Å². The van der Waals surface area contributed by atoms with Crippen LogP contribution < -0.4 is 14.8 Å². The molecule has 0 unspecified atom stereocenters. The second-order valence-electron chi connectivity index (χ2n) is 7.70. The highest BCUT2D eigenvalue weighted by atomic mass is 16.5. The van der Waals surface area contributed by atoms with Crippen molar-refractivity contribution >= 4 is 11.6 Å². The molecule has 0 fully saturated rings. The van der Waals surface area contributed by atoms with Crippen molar-refractivity contribution in [1.82, 2.24) is 4.98 Å². The van der Waals surface area contributed by atoms with Gasteiger partial charge in [-0.2, -0.15) is 0 Å². The fourth-order valence-electron chi connectivity index (χ4n) is 3.15. The van der Waals surface area contributed by atoms with Gasteiger partial charge in [0.1, 0.15) is 11.5 Å². The van der Waals surface area contributed by atoms with E-state index in [1.54, 1.807) is 36.5 Å². The molecule has 1 amide bonds. The van der Waals surface area contributed by atoms with Crippen LogP contribution in [0.2, 0.25) is 0 Å². The third kappa shape index (κ3) is 5.60. The van der Waals surface area contributed by atoms with Gasteiger partial charge in [0.2, 0.25) is 5.88 Å². The number of hydrogen-bond donors (Lipinski definition) is 1. The van der Waals surface area contributed by atoms with Gasteiger partial charge in [-0.1, -0.05) is 52.0 Å². The number of para-hydroxylation sites is 1. The summed E-state index contributed by atoms with van der Waals surface area (Å²) in [6.07, 6.45) is 1.67. The van der Waals surface area contributed by atoms with E-state index >= 15 is 0 Å². The van der Waals surface area contributed by atoms with Gasteiger partial charge in [0.05, 0.1) is 0 Å². The summed E-state index contributed by atoms with van der Waals surface area (Å²) in [5, 5.41) is 3.06. The molecular formula is C25H28N2O3. The molecule has 156 valence electrons. The normalized spacial score (nSPS) is 10.9. The lowest BCUT2D eigenvalue weighted by molar-refractivity contribution is -0.118. The van der Waals surface area contributed by atoms with Crippen molar-refractivity contribution in [2.75, 3.05) is 11.9 Å². The Morgan fingerprint density at radius 3 is 2.07 bits per heavy atom. The van der Waals surface area contributed by atoms with Crippen LogP contribution in [0, 0.1) is 0 Å². The van der Waals surface area contributed by atoms with E-state index in [0.717, 1.165) is 16.8 Å². The molecule has 0 atom stereocenters. The number of carbonyl (C=O) groups is 1.